The van der Waals surface area contributed by atoms with Crippen LogP contribution >= 0.6 is 0 Å². The third-order valence-corrected chi connectivity index (χ3v) is 3.57. The molecule has 5 heteroatoms. The van der Waals surface area contributed by atoms with Gasteiger partial charge in [-0.05, 0) is 35.7 Å². The molecule has 0 radical (unpaired) electrons. The van der Waals surface area contributed by atoms with E-state index in [9.17, 15) is 9.18 Å². The molecule has 21 heavy (non-hydrogen) atoms. The molecule has 0 spiro atoms. The maximum atomic E-state index is 13.5. The van der Waals surface area contributed by atoms with Crippen molar-refractivity contribution in [2.75, 3.05) is 22.9 Å². The van der Waals surface area contributed by atoms with Crippen LogP contribution in [0.2, 0.25) is 0 Å². The van der Waals surface area contributed by atoms with Crippen molar-refractivity contribution >= 4 is 23.0 Å². The molecule has 2 aromatic carbocycles. The van der Waals surface area contributed by atoms with Crippen LogP contribution in [0.1, 0.15) is 11.1 Å². The molecule has 0 bridgehead atoms. The van der Waals surface area contributed by atoms with Crippen molar-refractivity contribution in [1.82, 2.24) is 0 Å². The summed E-state index contributed by atoms with van der Waals surface area (Å²) in [6.07, 6.45) is 0.935. The van der Waals surface area contributed by atoms with E-state index in [1.165, 1.54) is 6.07 Å². The minimum Gasteiger partial charge on any atom is -0.397 e. The molecular formula is C16H16FN3O. The molecule has 0 aromatic heterocycles. The van der Waals surface area contributed by atoms with Gasteiger partial charge in [0, 0.05) is 12.2 Å². The number of hydrogen-bond donors (Lipinski definition) is 3. The lowest BCUT2D eigenvalue weighted by atomic mass is 10.1. The summed E-state index contributed by atoms with van der Waals surface area (Å²) in [5.41, 5.74) is 9.70. The number of rotatable bonds is 4. The van der Waals surface area contributed by atoms with Gasteiger partial charge in [-0.15, -0.1) is 0 Å². The number of nitrogens with one attached hydrogen (secondary N) is 2. The van der Waals surface area contributed by atoms with Gasteiger partial charge in [-0.1, -0.05) is 18.2 Å². The van der Waals surface area contributed by atoms with Crippen molar-refractivity contribution in [3.8, 4) is 0 Å². The van der Waals surface area contributed by atoms with E-state index in [0.29, 0.717) is 30.6 Å². The molecule has 4 nitrogen and oxygen atoms in total. The Morgan fingerprint density at radius 2 is 2.10 bits per heavy atom. The lowest BCUT2D eigenvalue weighted by Gasteiger charge is -2.11. The second-order valence-electron chi connectivity index (χ2n) is 5.09. The SMILES string of the molecule is Nc1cc2c(cc1NCCc1ccccc1F)NC(=O)C2. The van der Waals surface area contributed by atoms with E-state index in [1.54, 1.807) is 18.2 Å². The fraction of sp³-hybridized carbons (Fsp3) is 0.188. The molecule has 108 valence electrons. The zero-order valence-electron chi connectivity index (χ0n) is 11.4. The summed E-state index contributed by atoms with van der Waals surface area (Å²) in [4.78, 5) is 11.3. The zero-order chi connectivity index (χ0) is 14.8. The quantitative estimate of drug-likeness (QED) is 0.756. The number of benzene rings is 2. The van der Waals surface area contributed by atoms with Crippen LogP contribution in [-0.4, -0.2) is 12.5 Å². The predicted octanol–water partition coefficient (Wildman–Crippen LogP) is 2.56. The van der Waals surface area contributed by atoms with Gasteiger partial charge in [0.2, 0.25) is 5.91 Å². The van der Waals surface area contributed by atoms with Crippen LogP contribution < -0.4 is 16.4 Å². The van der Waals surface area contributed by atoms with Crippen molar-refractivity contribution < 1.29 is 9.18 Å². The van der Waals surface area contributed by atoms with Crippen molar-refractivity contribution in [3.05, 3.63) is 53.3 Å². The maximum absolute atomic E-state index is 13.5. The van der Waals surface area contributed by atoms with E-state index in [1.807, 2.05) is 12.1 Å². The van der Waals surface area contributed by atoms with Gasteiger partial charge in [0.05, 0.1) is 17.8 Å². The van der Waals surface area contributed by atoms with Gasteiger partial charge in [0.15, 0.2) is 0 Å². The Balaban J connectivity index is 1.68. The van der Waals surface area contributed by atoms with Crippen molar-refractivity contribution in [3.63, 3.8) is 0 Å². The fourth-order valence-corrected chi connectivity index (χ4v) is 2.48. The van der Waals surface area contributed by atoms with E-state index >= 15 is 0 Å². The third-order valence-electron chi connectivity index (χ3n) is 3.57. The Bertz CT molecular complexity index is 700. The molecule has 2 aromatic rings. The lowest BCUT2D eigenvalue weighted by Crippen LogP contribution is -2.08. The number of nitrogen functional groups attached to an aromatic ring is 1. The summed E-state index contributed by atoms with van der Waals surface area (Å²) in [7, 11) is 0. The Hall–Kier alpha value is -2.56. The molecule has 0 unspecified atom stereocenters. The number of amides is 1. The summed E-state index contributed by atoms with van der Waals surface area (Å²) in [6, 6.07) is 10.3. The largest absolute Gasteiger partial charge is 0.397 e. The highest BCUT2D eigenvalue weighted by atomic mass is 19.1. The maximum Gasteiger partial charge on any atom is 0.228 e. The summed E-state index contributed by atoms with van der Waals surface area (Å²) >= 11 is 0. The van der Waals surface area contributed by atoms with Gasteiger partial charge in [0.25, 0.3) is 0 Å². The second kappa shape index (κ2) is 5.44. The molecule has 4 N–H and O–H groups in total. The summed E-state index contributed by atoms with van der Waals surface area (Å²) in [6.45, 7) is 0.567. The molecule has 0 aliphatic carbocycles. The van der Waals surface area contributed by atoms with Crippen molar-refractivity contribution in [1.29, 1.82) is 0 Å². The second-order valence-corrected chi connectivity index (χ2v) is 5.09. The average Bonchev–Trinajstić information content (AvgIpc) is 2.80. The first-order valence-corrected chi connectivity index (χ1v) is 6.83. The van der Waals surface area contributed by atoms with Gasteiger partial charge in [0.1, 0.15) is 5.82 Å². The van der Waals surface area contributed by atoms with Crippen LogP contribution in [0.3, 0.4) is 0 Å². The van der Waals surface area contributed by atoms with E-state index < -0.39 is 0 Å². The minimum absolute atomic E-state index is 0.0205. The molecule has 3 rings (SSSR count). The third kappa shape index (κ3) is 2.81. The average molecular weight is 285 g/mol. The topological polar surface area (TPSA) is 67.2 Å². The first-order valence-electron chi connectivity index (χ1n) is 6.83. The highest BCUT2D eigenvalue weighted by molar-refractivity contribution is 6.00. The fourth-order valence-electron chi connectivity index (χ4n) is 2.48. The van der Waals surface area contributed by atoms with Crippen molar-refractivity contribution in [2.24, 2.45) is 0 Å². The molecule has 1 heterocycles. The first kappa shape index (κ1) is 13.4. The van der Waals surface area contributed by atoms with Crippen LogP contribution in [0.15, 0.2) is 36.4 Å². The van der Waals surface area contributed by atoms with E-state index in [2.05, 4.69) is 10.6 Å². The predicted molar refractivity (Wildman–Crippen MR) is 81.8 cm³/mol. The van der Waals surface area contributed by atoms with Crippen molar-refractivity contribution in [2.45, 2.75) is 12.8 Å². The monoisotopic (exact) mass is 285 g/mol. The Kier molecular flexibility index (Phi) is 3.48. The molecule has 0 atom stereocenters. The Morgan fingerprint density at radius 3 is 2.90 bits per heavy atom. The van der Waals surface area contributed by atoms with Crippen LogP contribution in [0.25, 0.3) is 0 Å². The summed E-state index contributed by atoms with van der Waals surface area (Å²) in [5.74, 6) is -0.221. The number of halogens is 1. The van der Waals surface area contributed by atoms with E-state index in [4.69, 9.17) is 5.73 Å². The molecule has 1 aliphatic rings. The first-order chi connectivity index (χ1) is 10.1. The zero-order valence-corrected chi connectivity index (χ0v) is 11.4. The standard InChI is InChI=1S/C16H16FN3O/c17-12-4-2-1-3-10(12)5-6-19-15-9-14-11(7-13(15)18)8-16(21)20-14/h1-4,7,9,19H,5-6,8,18H2,(H,20,21). The van der Waals surface area contributed by atoms with Crippen LogP contribution in [0.5, 0.6) is 0 Å². The highest BCUT2D eigenvalue weighted by Gasteiger charge is 2.19. The van der Waals surface area contributed by atoms with Gasteiger partial charge in [-0.25, -0.2) is 4.39 Å². The van der Waals surface area contributed by atoms with E-state index in [0.717, 1.165) is 16.9 Å². The Morgan fingerprint density at radius 1 is 1.29 bits per heavy atom. The Labute approximate surface area is 122 Å². The highest BCUT2D eigenvalue weighted by Crippen LogP contribution is 2.31. The van der Waals surface area contributed by atoms with Crippen LogP contribution in [0.4, 0.5) is 21.5 Å². The number of carbonyl (C=O) groups excluding carboxylic acids is 1. The molecule has 1 aliphatic heterocycles. The number of carbonyl (C=O) groups is 1. The molecule has 0 saturated carbocycles. The smallest absolute Gasteiger partial charge is 0.228 e. The van der Waals surface area contributed by atoms with Gasteiger partial charge >= 0.3 is 0 Å². The summed E-state index contributed by atoms with van der Waals surface area (Å²) < 4.78 is 13.5. The minimum atomic E-state index is -0.200. The molecule has 1 amide bonds. The van der Waals surface area contributed by atoms with E-state index in [-0.39, 0.29) is 11.7 Å². The lowest BCUT2D eigenvalue weighted by molar-refractivity contribution is -0.115. The number of hydrogen-bond acceptors (Lipinski definition) is 3. The van der Waals surface area contributed by atoms with Crippen LogP contribution in [-0.2, 0) is 17.6 Å². The van der Waals surface area contributed by atoms with Gasteiger partial charge in [-0.2, -0.15) is 0 Å². The molecule has 0 fully saturated rings. The normalized spacial score (nSPS) is 12.9. The molecular weight excluding hydrogens is 269 g/mol. The van der Waals surface area contributed by atoms with Gasteiger partial charge in [-0.3, -0.25) is 4.79 Å². The molecule has 0 saturated heterocycles. The van der Waals surface area contributed by atoms with Gasteiger partial charge < -0.3 is 16.4 Å². The number of anilines is 3. The summed E-state index contributed by atoms with van der Waals surface area (Å²) in [5, 5.41) is 5.98. The number of nitrogens with two attached hydrogens (primary N) is 1. The van der Waals surface area contributed by atoms with Crippen LogP contribution in [0, 0.1) is 5.82 Å². The number of fused-ring (bicyclic) bond motifs is 1.